The molecule has 0 fully saturated rings. The molecule has 0 amide bonds. The van der Waals surface area contributed by atoms with Crippen LogP contribution in [-0.4, -0.2) is 6.61 Å². The van der Waals surface area contributed by atoms with Gasteiger partial charge in [-0.05, 0) is 30.3 Å². The minimum absolute atomic E-state index is 0.0461. The van der Waals surface area contributed by atoms with Crippen molar-refractivity contribution in [2.75, 3.05) is 5.32 Å². The maximum atomic E-state index is 12.0. The molecular formula is C12H10ClF2NO2. The molecule has 6 heteroatoms. The van der Waals surface area contributed by atoms with Crippen LogP contribution in [0.5, 0.6) is 5.75 Å². The number of rotatable bonds is 5. The molecule has 1 heterocycles. The second-order valence-corrected chi connectivity index (χ2v) is 3.86. The van der Waals surface area contributed by atoms with Crippen molar-refractivity contribution < 1.29 is 17.9 Å². The average Bonchev–Trinajstić information content (AvgIpc) is 2.82. The summed E-state index contributed by atoms with van der Waals surface area (Å²) in [5.74, 6) is 0.717. The highest BCUT2D eigenvalue weighted by Crippen LogP contribution is 2.29. The predicted molar refractivity (Wildman–Crippen MR) is 64.1 cm³/mol. The molecule has 0 atom stereocenters. The van der Waals surface area contributed by atoms with E-state index in [9.17, 15) is 8.78 Å². The standard InChI is InChI=1S/C12H10ClF2NO2/c13-10-6-8(3-4-11(10)18-12(14)15)16-7-9-2-1-5-17-9/h1-6,12,16H,7H2. The Balaban J connectivity index is 2.00. The molecule has 0 unspecified atom stereocenters. The van der Waals surface area contributed by atoms with E-state index in [0.29, 0.717) is 12.2 Å². The van der Waals surface area contributed by atoms with Gasteiger partial charge in [0.05, 0.1) is 17.8 Å². The van der Waals surface area contributed by atoms with Crippen LogP contribution >= 0.6 is 11.6 Å². The van der Waals surface area contributed by atoms with Crippen LogP contribution in [0, 0.1) is 0 Å². The van der Waals surface area contributed by atoms with Crippen LogP contribution in [0.2, 0.25) is 5.02 Å². The third-order valence-corrected chi connectivity index (χ3v) is 2.49. The SMILES string of the molecule is FC(F)Oc1ccc(NCc2ccco2)cc1Cl. The van der Waals surface area contributed by atoms with Gasteiger partial charge >= 0.3 is 6.61 Å². The molecule has 1 aromatic heterocycles. The summed E-state index contributed by atoms with van der Waals surface area (Å²) in [4.78, 5) is 0. The summed E-state index contributed by atoms with van der Waals surface area (Å²) in [6.07, 6.45) is 1.57. The first-order valence-corrected chi connectivity index (χ1v) is 5.53. The van der Waals surface area contributed by atoms with Crippen LogP contribution in [0.25, 0.3) is 0 Å². The molecule has 18 heavy (non-hydrogen) atoms. The lowest BCUT2D eigenvalue weighted by Crippen LogP contribution is -2.03. The molecule has 1 aromatic carbocycles. The van der Waals surface area contributed by atoms with E-state index in [1.165, 1.54) is 12.1 Å². The van der Waals surface area contributed by atoms with Crippen molar-refractivity contribution in [2.24, 2.45) is 0 Å². The lowest BCUT2D eigenvalue weighted by Gasteiger charge is -2.09. The second kappa shape index (κ2) is 5.73. The lowest BCUT2D eigenvalue weighted by atomic mass is 10.3. The number of anilines is 1. The first-order valence-electron chi connectivity index (χ1n) is 5.16. The van der Waals surface area contributed by atoms with Crippen molar-refractivity contribution in [3.8, 4) is 5.75 Å². The van der Waals surface area contributed by atoms with Gasteiger partial charge in [-0.3, -0.25) is 0 Å². The summed E-state index contributed by atoms with van der Waals surface area (Å²) in [5, 5.41) is 3.17. The van der Waals surface area contributed by atoms with Crippen LogP contribution in [0.1, 0.15) is 5.76 Å². The molecule has 2 rings (SSSR count). The molecule has 0 bridgehead atoms. The van der Waals surface area contributed by atoms with E-state index >= 15 is 0 Å². The minimum atomic E-state index is -2.88. The second-order valence-electron chi connectivity index (χ2n) is 3.46. The van der Waals surface area contributed by atoms with Gasteiger partial charge in [-0.15, -0.1) is 0 Å². The smallest absolute Gasteiger partial charge is 0.387 e. The van der Waals surface area contributed by atoms with Crippen molar-refractivity contribution in [3.05, 3.63) is 47.4 Å². The molecule has 0 saturated carbocycles. The Hall–Kier alpha value is -1.75. The summed E-state index contributed by atoms with van der Waals surface area (Å²) in [6.45, 7) is -2.40. The number of ether oxygens (including phenoxy) is 1. The number of halogens is 3. The van der Waals surface area contributed by atoms with Gasteiger partial charge in [0, 0.05) is 5.69 Å². The van der Waals surface area contributed by atoms with Crippen molar-refractivity contribution in [1.29, 1.82) is 0 Å². The summed E-state index contributed by atoms with van der Waals surface area (Å²) >= 11 is 5.81. The van der Waals surface area contributed by atoms with E-state index in [0.717, 1.165) is 5.76 Å². The maximum Gasteiger partial charge on any atom is 0.387 e. The fourth-order valence-electron chi connectivity index (χ4n) is 1.40. The summed E-state index contributed by atoms with van der Waals surface area (Å²) in [7, 11) is 0. The highest BCUT2D eigenvalue weighted by Gasteiger charge is 2.09. The van der Waals surface area contributed by atoms with Crippen LogP contribution in [-0.2, 0) is 6.54 Å². The number of hydrogen-bond acceptors (Lipinski definition) is 3. The quantitative estimate of drug-likeness (QED) is 0.889. The Bertz CT molecular complexity index is 503. The van der Waals surface area contributed by atoms with Gasteiger partial charge in [0.1, 0.15) is 11.5 Å². The molecule has 3 nitrogen and oxygen atoms in total. The highest BCUT2D eigenvalue weighted by atomic mass is 35.5. The van der Waals surface area contributed by atoms with Crippen molar-refractivity contribution >= 4 is 17.3 Å². The van der Waals surface area contributed by atoms with Gasteiger partial charge in [0.25, 0.3) is 0 Å². The van der Waals surface area contributed by atoms with E-state index in [1.54, 1.807) is 18.4 Å². The number of benzene rings is 1. The van der Waals surface area contributed by atoms with Crippen LogP contribution in [0.4, 0.5) is 14.5 Å². The first kappa shape index (κ1) is 12.7. The van der Waals surface area contributed by atoms with Crippen molar-refractivity contribution in [3.63, 3.8) is 0 Å². The molecule has 1 N–H and O–H groups in total. The molecule has 0 aliphatic carbocycles. The van der Waals surface area contributed by atoms with Gasteiger partial charge in [0.15, 0.2) is 0 Å². The molecule has 0 radical (unpaired) electrons. The van der Waals surface area contributed by atoms with Gasteiger partial charge in [-0.1, -0.05) is 11.6 Å². The zero-order valence-corrected chi connectivity index (χ0v) is 9.95. The Morgan fingerprint density at radius 2 is 2.17 bits per heavy atom. The maximum absolute atomic E-state index is 12.0. The van der Waals surface area contributed by atoms with E-state index < -0.39 is 6.61 Å². The summed E-state index contributed by atoms with van der Waals surface area (Å²) in [6, 6.07) is 8.11. The number of hydrogen-bond donors (Lipinski definition) is 1. The zero-order chi connectivity index (χ0) is 13.0. The van der Waals surface area contributed by atoms with E-state index in [4.69, 9.17) is 16.0 Å². The third kappa shape index (κ3) is 3.37. The molecule has 2 aromatic rings. The van der Waals surface area contributed by atoms with Gasteiger partial charge in [0.2, 0.25) is 0 Å². The number of furan rings is 1. The number of nitrogens with one attached hydrogen (secondary N) is 1. The minimum Gasteiger partial charge on any atom is -0.467 e. The Morgan fingerprint density at radius 1 is 1.33 bits per heavy atom. The predicted octanol–water partition coefficient (Wildman–Crippen LogP) is 4.15. The fraction of sp³-hybridized carbons (Fsp3) is 0.167. The number of alkyl halides is 2. The Kier molecular flexibility index (Phi) is 4.04. The van der Waals surface area contributed by atoms with E-state index in [2.05, 4.69) is 10.1 Å². The van der Waals surface area contributed by atoms with Crippen LogP contribution in [0.3, 0.4) is 0 Å². The van der Waals surface area contributed by atoms with E-state index in [1.807, 2.05) is 6.07 Å². The summed E-state index contributed by atoms with van der Waals surface area (Å²) < 4.78 is 33.4. The highest BCUT2D eigenvalue weighted by molar-refractivity contribution is 6.32. The monoisotopic (exact) mass is 273 g/mol. The Morgan fingerprint density at radius 3 is 2.78 bits per heavy atom. The van der Waals surface area contributed by atoms with E-state index in [-0.39, 0.29) is 10.8 Å². The first-order chi connectivity index (χ1) is 8.65. The average molecular weight is 274 g/mol. The fourth-order valence-corrected chi connectivity index (χ4v) is 1.63. The Labute approximate surface area is 107 Å². The van der Waals surface area contributed by atoms with Crippen LogP contribution in [0.15, 0.2) is 41.0 Å². The zero-order valence-electron chi connectivity index (χ0n) is 9.20. The summed E-state index contributed by atoms with van der Waals surface area (Å²) in [5.41, 5.74) is 0.693. The van der Waals surface area contributed by atoms with Gasteiger partial charge in [-0.25, -0.2) is 0 Å². The van der Waals surface area contributed by atoms with Crippen molar-refractivity contribution in [2.45, 2.75) is 13.2 Å². The topological polar surface area (TPSA) is 34.4 Å². The molecule has 0 spiro atoms. The largest absolute Gasteiger partial charge is 0.467 e. The van der Waals surface area contributed by atoms with Crippen molar-refractivity contribution in [1.82, 2.24) is 0 Å². The molecular weight excluding hydrogens is 264 g/mol. The molecule has 0 aliphatic heterocycles. The normalized spacial score (nSPS) is 10.7. The molecule has 0 saturated heterocycles. The van der Waals surface area contributed by atoms with Gasteiger partial charge in [-0.2, -0.15) is 8.78 Å². The van der Waals surface area contributed by atoms with Crippen LogP contribution < -0.4 is 10.1 Å². The molecule has 96 valence electrons. The molecule has 0 aliphatic rings. The van der Waals surface area contributed by atoms with Gasteiger partial charge < -0.3 is 14.5 Å². The lowest BCUT2D eigenvalue weighted by molar-refractivity contribution is -0.0497. The third-order valence-electron chi connectivity index (χ3n) is 2.19.